The molecule has 1 aromatic rings. The summed E-state index contributed by atoms with van der Waals surface area (Å²) >= 11 is 0. The summed E-state index contributed by atoms with van der Waals surface area (Å²) in [4.78, 5) is 23.9. The molecule has 1 aliphatic heterocycles. The van der Waals surface area contributed by atoms with Crippen LogP contribution >= 0.6 is 0 Å². The zero-order valence-corrected chi connectivity index (χ0v) is 12.3. The Morgan fingerprint density at radius 1 is 1.52 bits per heavy atom. The first-order valence-electron chi connectivity index (χ1n) is 7.59. The van der Waals surface area contributed by atoms with Crippen LogP contribution in [0.4, 0.5) is 0 Å². The number of nitrogens with zero attached hydrogens (tertiary/aromatic N) is 2. The molecule has 114 valence electrons. The van der Waals surface area contributed by atoms with Gasteiger partial charge in [0.05, 0.1) is 11.8 Å². The minimum absolute atomic E-state index is 0.0622. The molecule has 3 rings (SSSR count). The van der Waals surface area contributed by atoms with Gasteiger partial charge in [-0.25, -0.2) is 4.68 Å². The highest BCUT2D eigenvalue weighted by atomic mass is 16.5. The number of carbonyl (C=O) groups excluding carboxylic acids is 1. The van der Waals surface area contributed by atoms with Crippen LogP contribution in [-0.2, 0) is 29.4 Å². The average Bonchev–Trinajstić information content (AvgIpc) is 2.99. The third-order valence-corrected chi connectivity index (χ3v) is 4.35. The topological polar surface area (TPSA) is 73.2 Å². The Labute approximate surface area is 123 Å². The SMILES string of the molecule is Cn1nc2c(cc1=O)C[C@@H](C(=O)NC[C@H]1CCCO1)CC2. The first-order valence-corrected chi connectivity index (χ1v) is 7.59. The van der Waals surface area contributed by atoms with Gasteiger partial charge in [0.15, 0.2) is 0 Å². The van der Waals surface area contributed by atoms with Crippen molar-refractivity contribution in [2.45, 2.75) is 38.2 Å². The monoisotopic (exact) mass is 291 g/mol. The van der Waals surface area contributed by atoms with E-state index in [0.717, 1.165) is 43.5 Å². The Morgan fingerprint density at radius 3 is 3.14 bits per heavy atom. The van der Waals surface area contributed by atoms with Crippen molar-refractivity contribution in [1.29, 1.82) is 0 Å². The third-order valence-electron chi connectivity index (χ3n) is 4.35. The summed E-state index contributed by atoms with van der Waals surface area (Å²) in [6, 6.07) is 1.61. The largest absolute Gasteiger partial charge is 0.376 e. The van der Waals surface area contributed by atoms with Crippen LogP contribution in [0.25, 0.3) is 0 Å². The van der Waals surface area contributed by atoms with Crippen molar-refractivity contribution in [2.75, 3.05) is 13.2 Å². The van der Waals surface area contributed by atoms with Gasteiger partial charge in [-0.05, 0) is 37.7 Å². The summed E-state index contributed by atoms with van der Waals surface area (Å²) in [6.45, 7) is 1.39. The van der Waals surface area contributed by atoms with Crippen molar-refractivity contribution >= 4 is 5.91 Å². The van der Waals surface area contributed by atoms with Crippen LogP contribution in [-0.4, -0.2) is 34.9 Å². The molecule has 0 saturated carbocycles. The Hall–Kier alpha value is -1.69. The average molecular weight is 291 g/mol. The number of ether oxygens (including phenoxy) is 1. The maximum absolute atomic E-state index is 12.2. The van der Waals surface area contributed by atoms with Gasteiger partial charge in [0.1, 0.15) is 0 Å². The molecule has 1 fully saturated rings. The lowest BCUT2D eigenvalue weighted by atomic mass is 9.86. The Bertz CT molecular complexity index is 590. The Kier molecular flexibility index (Phi) is 4.05. The molecule has 1 amide bonds. The van der Waals surface area contributed by atoms with E-state index in [4.69, 9.17) is 4.74 Å². The molecule has 6 nitrogen and oxygen atoms in total. The van der Waals surface area contributed by atoms with Gasteiger partial charge in [0.2, 0.25) is 5.91 Å². The van der Waals surface area contributed by atoms with E-state index < -0.39 is 0 Å². The van der Waals surface area contributed by atoms with Gasteiger partial charge in [-0.3, -0.25) is 9.59 Å². The molecule has 1 aromatic heterocycles. The molecule has 1 aliphatic carbocycles. The summed E-state index contributed by atoms with van der Waals surface area (Å²) < 4.78 is 6.86. The van der Waals surface area contributed by atoms with Crippen LogP contribution < -0.4 is 10.9 Å². The Balaban J connectivity index is 1.61. The molecule has 0 radical (unpaired) electrons. The maximum Gasteiger partial charge on any atom is 0.266 e. The number of hydrogen-bond acceptors (Lipinski definition) is 4. The number of rotatable bonds is 3. The second kappa shape index (κ2) is 5.97. The lowest BCUT2D eigenvalue weighted by Gasteiger charge is -2.23. The van der Waals surface area contributed by atoms with E-state index in [1.54, 1.807) is 13.1 Å². The molecule has 0 unspecified atom stereocenters. The van der Waals surface area contributed by atoms with Crippen molar-refractivity contribution in [3.8, 4) is 0 Å². The number of aromatic nitrogens is 2. The molecule has 21 heavy (non-hydrogen) atoms. The molecule has 2 heterocycles. The molecule has 2 aliphatic rings. The summed E-state index contributed by atoms with van der Waals surface area (Å²) in [5.41, 5.74) is 1.75. The smallest absolute Gasteiger partial charge is 0.266 e. The van der Waals surface area contributed by atoms with Crippen LogP contribution in [0.15, 0.2) is 10.9 Å². The van der Waals surface area contributed by atoms with E-state index in [-0.39, 0.29) is 23.5 Å². The van der Waals surface area contributed by atoms with Crippen LogP contribution in [0.5, 0.6) is 0 Å². The zero-order valence-electron chi connectivity index (χ0n) is 12.3. The predicted molar refractivity (Wildman–Crippen MR) is 77.0 cm³/mol. The van der Waals surface area contributed by atoms with Crippen molar-refractivity contribution in [3.05, 3.63) is 27.7 Å². The predicted octanol–water partition coefficient (Wildman–Crippen LogP) is 0.180. The van der Waals surface area contributed by atoms with Crippen LogP contribution in [0.3, 0.4) is 0 Å². The molecule has 6 heteroatoms. The summed E-state index contributed by atoms with van der Waals surface area (Å²) in [5, 5.41) is 7.25. The highest BCUT2D eigenvalue weighted by Crippen LogP contribution is 2.23. The van der Waals surface area contributed by atoms with Gasteiger partial charge < -0.3 is 10.1 Å². The fraction of sp³-hybridized carbons (Fsp3) is 0.667. The standard InChI is InChI=1S/C15H21N3O3/c1-18-14(19)8-11-7-10(4-5-13(11)17-18)15(20)16-9-12-3-2-6-21-12/h8,10,12H,2-7,9H2,1H3,(H,16,20)/t10-,12+/m0/s1. The number of amides is 1. The first-order chi connectivity index (χ1) is 10.1. The fourth-order valence-electron chi connectivity index (χ4n) is 3.07. The maximum atomic E-state index is 12.2. The van der Waals surface area contributed by atoms with Crippen molar-refractivity contribution in [3.63, 3.8) is 0 Å². The lowest BCUT2D eigenvalue weighted by Crippen LogP contribution is -2.39. The van der Waals surface area contributed by atoms with Gasteiger partial charge in [-0.1, -0.05) is 0 Å². The molecular formula is C15H21N3O3. The highest BCUT2D eigenvalue weighted by molar-refractivity contribution is 5.79. The highest BCUT2D eigenvalue weighted by Gasteiger charge is 2.27. The second-order valence-electron chi connectivity index (χ2n) is 5.90. The van der Waals surface area contributed by atoms with Gasteiger partial charge in [0, 0.05) is 32.2 Å². The minimum atomic E-state index is -0.117. The summed E-state index contributed by atoms with van der Waals surface area (Å²) in [5.74, 6) is 0.00429. The summed E-state index contributed by atoms with van der Waals surface area (Å²) in [6.07, 6.45) is 4.41. The second-order valence-corrected chi connectivity index (χ2v) is 5.90. The van der Waals surface area contributed by atoms with Crippen LogP contribution in [0.1, 0.15) is 30.5 Å². The van der Waals surface area contributed by atoms with Gasteiger partial charge >= 0.3 is 0 Å². The molecular weight excluding hydrogens is 270 g/mol. The van der Waals surface area contributed by atoms with Crippen molar-refractivity contribution in [2.24, 2.45) is 13.0 Å². The van der Waals surface area contributed by atoms with Crippen LogP contribution in [0.2, 0.25) is 0 Å². The van der Waals surface area contributed by atoms with E-state index in [2.05, 4.69) is 10.4 Å². The van der Waals surface area contributed by atoms with E-state index in [1.807, 2.05) is 0 Å². The Morgan fingerprint density at radius 2 is 2.38 bits per heavy atom. The molecule has 0 spiro atoms. The van der Waals surface area contributed by atoms with Crippen molar-refractivity contribution in [1.82, 2.24) is 15.1 Å². The number of hydrogen-bond donors (Lipinski definition) is 1. The van der Waals surface area contributed by atoms with Crippen LogP contribution in [0, 0.1) is 5.92 Å². The van der Waals surface area contributed by atoms with Gasteiger partial charge in [-0.15, -0.1) is 0 Å². The van der Waals surface area contributed by atoms with Gasteiger partial charge in [-0.2, -0.15) is 5.10 Å². The number of carbonyl (C=O) groups is 1. The quantitative estimate of drug-likeness (QED) is 0.862. The van der Waals surface area contributed by atoms with E-state index in [1.165, 1.54) is 4.68 Å². The first kappa shape index (κ1) is 14.3. The van der Waals surface area contributed by atoms with E-state index in [9.17, 15) is 9.59 Å². The van der Waals surface area contributed by atoms with E-state index >= 15 is 0 Å². The van der Waals surface area contributed by atoms with Crippen molar-refractivity contribution < 1.29 is 9.53 Å². The molecule has 1 saturated heterocycles. The fourth-order valence-corrected chi connectivity index (χ4v) is 3.07. The molecule has 2 atom stereocenters. The number of fused-ring (bicyclic) bond motifs is 1. The molecule has 1 N–H and O–H groups in total. The van der Waals surface area contributed by atoms with E-state index in [0.29, 0.717) is 13.0 Å². The summed E-state index contributed by atoms with van der Waals surface area (Å²) in [7, 11) is 1.66. The number of aryl methyl sites for hydroxylation is 2. The minimum Gasteiger partial charge on any atom is -0.376 e. The zero-order chi connectivity index (χ0) is 14.8. The number of nitrogens with one attached hydrogen (secondary N) is 1. The normalized spacial score (nSPS) is 24.6. The third kappa shape index (κ3) is 3.15. The lowest BCUT2D eigenvalue weighted by molar-refractivity contribution is -0.125. The van der Waals surface area contributed by atoms with Gasteiger partial charge in [0.25, 0.3) is 5.56 Å². The molecule has 0 bridgehead atoms. The molecule has 0 aromatic carbocycles.